The molecule has 2 atom stereocenters. The number of aromatic nitrogens is 1. The number of hydrogen-bond donors (Lipinski definition) is 2. The fourth-order valence-corrected chi connectivity index (χ4v) is 4.00. The third-order valence-corrected chi connectivity index (χ3v) is 6.26. The van der Waals surface area contributed by atoms with Gasteiger partial charge in [-0.1, -0.05) is 85.8 Å². The van der Waals surface area contributed by atoms with Gasteiger partial charge in [0, 0.05) is 17.0 Å². The second-order valence-electron chi connectivity index (χ2n) is 9.12. The number of primary amides is 1. The number of amides is 2. The van der Waals surface area contributed by atoms with Crippen LogP contribution >= 0.6 is 0 Å². The monoisotopic (exact) mass is 508 g/mol. The molecule has 3 aromatic carbocycles. The van der Waals surface area contributed by atoms with Crippen molar-refractivity contribution in [3.8, 4) is 22.7 Å². The average molecular weight is 509 g/mol. The SMILES string of the molecule is CC(C[CH]C(=O)N[C@@H](CCc1ccccc1)C(=O)c1oc(-c2ccccc2)nc1-c1ccccc1)C(N)=O. The molecular weight excluding hydrogens is 478 g/mol. The number of nitrogens with zero attached hydrogens (tertiary/aromatic N) is 1. The number of hydrogen-bond acceptors (Lipinski definition) is 5. The molecule has 2 amide bonds. The van der Waals surface area contributed by atoms with Gasteiger partial charge in [0.05, 0.1) is 12.5 Å². The van der Waals surface area contributed by atoms with E-state index in [9.17, 15) is 14.4 Å². The van der Waals surface area contributed by atoms with Crippen molar-refractivity contribution in [1.82, 2.24) is 10.3 Å². The van der Waals surface area contributed by atoms with E-state index < -0.39 is 23.8 Å². The molecule has 1 aromatic heterocycles. The van der Waals surface area contributed by atoms with E-state index in [1.807, 2.05) is 91.0 Å². The quantitative estimate of drug-likeness (QED) is 0.261. The van der Waals surface area contributed by atoms with Gasteiger partial charge in [-0.25, -0.2) is 4.98 Å². The van der Waals surface area contributed by atoms with Crippen LogP contribution in [0.2, 0.25) is 0 Å². The van der Waals surface area contributed by atoms with Crippen molar-refractivity contribution in [2.45, 2.75) is 32.2 Å². The summed E-state index contributed by atoms with van der Waals surface area (Å²) in [7, 11) is 0. The van der Waals surface area contributed by atoms with Crippen molar-refractivity contribution < 1.29 is 18.8 Å². The first-order valence-electron chi connectivity index (χ1n) is 12.5. The normalized spacial score (nSPS) is 12.4. The zero-order chi connectivity index (χ0) is 26.9. The molecule has 0 aliphatic rings. The Morgan fingerprint density at radius 2 is 1.47 bits per heavy atom. The highest BCUT2D eigenvalue weighted by atomic mass is 16.4. The van der Waals surface area contributed by atoms with E-state index in [0.29, 0.717) is 24.4 Å². The molecule has 0 aliphatic carbocycles. The van der Waals surface area contributed by atoms with E-state index in [1.54, 1.807) is 6.92 Å². The van der Waals surface area contributed by atoms with Gasteiger partial charge in [0.25, 0.3) is 0 Å². The molecule has 4 aromatic rings. The van der Waals surface area contributed by atoms with Crippen LogP contribution in [-0.4, -0.2) is 28.6 Å². The fraction of sp³-hybridized carbons (Fsp3) is 0.194. The lowest BCUT2D eigenvalue weighted by atomic mass is 9.98. The summed E-state index contributed by atoms with van der Waals surface area (Å²) in [5.41, 5.74) is 8.24. The van der Waals surface area contributed by atoms with E-state index in [4.69, 9.17) is 10.2 Å². The van der Waals surface area contributed by atoms with Crippen LogP contribution in [0.15, 0.2) is 95.4 Å². The summed E-state index contributed by atoms with van der Waals surface area (Å²) >= 11 is 0. The van der Waals surface area contributed by atoms with Crippen molar-refractivity contribution in [3.05, 3.63) is 109 Å². The Balaban J connectivity index is 1.65. The Labute approximate surface area is 222 Å². The summed E-state index contributed by atoms with van der Waals surface area (Å²) in [6.45, 7) is 1.65. The van der Waals surface area contributed by atoms with E-state index in [2.05, 4.69) is 10.3 Å². The standard InChI is InChI=1S/C31H30N3O4/c1-21(30(32)37)17-20-26(35)33-25(19-18-22-11-5-2-6-12-22)28(36)29-27(23-13-7-3-8-14-23)34-31(38-29)24-15-9-4-10-16-24/h2-16,20-21,25H,17-19H2,1H3,(H2,32,37)(H,33,35)/t21?,25-/m0/s1. The maximum Gasteiger partial charge on any atom is 0.227 e. The topological polar surface area (TPSA) is 115 Å². The van der Waals surface area contributed by atoms with Gasteiger partial charge in [-0.15, -0.1) is 0 Å². The lowest BCUT2D eigenvalue weighted by Crippen LogP contribution is -2.41. The molecule has 0 bridgehead atoms. The zero-order valence-corrected chi connectivity index (χ0v) is 21.2. The summed E-state index contributed by atoms with van der Waals surface area (Å²) in [5.74, 6) is -1.41. The van der Waals surface area contributed by atoms with Crippen LogP contribution in [0, 0.1) is 12.3 Å². The van der Waals surface area contributed by atoms with Crippen LogP contribution < -0.4 is 11.1 Å². The average Bonchev–Trinajstić information content (AvgIpc) is 3.40. The lowest BCUT2D eigenvalue weighted by Gasteiger charge is -2.18. The van der Waals surface area contributed by atoms with Crippen molar-refractivity contribution in [3.63, 3.8) is 0 Å². The number of nitrogens with one attached hydrogen (secondary N) is 1. The maximum absolute atomic E-state index is 14.0. The van der Waals surface area contributed by atoms with Gasteiger partial charge in [0.2, 0.25) is 29.2 Å². The van der Waals surface area contributed by atoms with Gasteiger partial charge >= 0.3 is 0 Å². The van der Waals surface area contributed by atoms with Gasteiger partial charge in [-0.05, 0) is 37.0 Å². The van der Waals surface area contributed by atoms with Gasteiger partial charge in [-0.2, -0.15) is 0 Å². The predicted octanol–water partition coefficient (Wildman–Crippen LogP) is 5.02. The molecule has 0 spiro atoms. The molecule has 0 saturated heterocycles. The van der Waals surface area contributed by atoms with Crippen LogP contribution in [-0.2, 0) is 16.0 Å². The summed E-state index contributed by atoms with van der Waals surface area (Å²) in [4.78, 5) is 42.8. The molecule has 1 unspecified atom stereocenters. The molecule has 0 aliphatic heterocycles. The van der Waals surface area contributed by atoms with Crippen molar-refractivity contribution in [2.75, 3.05) is 0 Å². The first-order chi connectivity index (χ1) is 18.4. The van der Waals surface area contributed by atoms with Gasteiger partial charge < -0.3 is 15.5 Å². The number of aryl methyl sites for hydroxylation is 1. The Bertz CT molecular complexity index is 1370. The molecule has 1 heterocycles. The smallest absolute Gasteiger partial charge is 0.227 e. The molecule has 3 N–H and O–H groups in total. The minimum atomic E-state index is -0.873. The number of Topliss-reactive ketones (excluding diaryl/α,β-unsaturated/α-hetero) is 1. The van der Waals surface area contributed by atoms with Crippen LogP contribution in [0.3, 0.4) is 0 Å². The van der Waals surface area contributed by atoms with E-state index >= 15 is 0 Å². The Hall–Kier alpha value is -4.52. The second-order valence-corrected chi connectivity index (χ2v) is 9.12. The highest BCUT2D eigenvalue weighted by Crippen LogP contribution is 2.30. The molecule has 7 heteroatoms. The van der Waals surface area contributed by atoms with Crippen molar-refractivity contribution in [1.29, 1.82) is 0 Å². The molecule has 0 fully saturated rings. The van der Waals surface area contributed by atoms with Crippen LogP contribution in [0.25, 0.3) is 22.7 Å². The van der Waals surface area contributed by atoms with Crippen LogP contribution in [0.1, 0.15) is 35.9 Å². The summed E-state index contributed by atoms with van der Waals surface area (Å²) in [5, 5.41) is 2.82. The Kier molecular flexibility index (Phi) is 8.82. The predicted molar refractivity (Wildman–Crippen MR) is 146 cm³/mol. The molecule has 4 rings (SSSR count). The highest BCUT2D eigenvalue weighted by Gasteiger charge is 2.30. The molecule has 38 heavy (non-hydrogen) atoms. The number of benzene rings is 3. The molecule has 0 saturated carbocycles. The number of ketones is 1. The van der Waals surface area contributed by atoms with Gasteiger partial charge in [0.1, 0.15) is 5.69 Å². The van der Waals surface area contributed by atoms with Gasteiger partial charge in [-0.3, -0.25) is 14.4 Å². The summed E-state index contributed by atoms with van der Waals surface area (Å²) in [6.07, 6.45) is 2.45. The third-order valence-electron chi connectivity index (χ3n) is 6.26. The Morgan fingerprint density at radius 1 is 0.895 bits per heavy atom. The molecule has 1 radical (unpaired) electrons. The Morgan fingerprint density at radius 3 is 2.08 bits per heavy atom. The fourth-order valence-electron chi connectivity index (χ4n) is 4.00. The number of carbonyl (C=O) groups excluding carboxylic acids is 3. The maximum atomic E-state index is 14.0. The van der Waals surface area contributed by atoms with Crippen LogP contribution in [0.4, 0.5) is 0 Å². The first-order valence-corrected chi connectivity index (χ1v) is 12.5. The number of oxazole rings is 1. The largest absolute Gasteiger partial charge is 0.432 e. The first kappa shape index (κ1) is 26.5. The molecular formula is C31H30N3O4. The molecule has 193 valence electrons. The number of nitrogens with two attached hydrogens (primary N) is 1. The third kappa shape index (κ3) is 6.82. The van der Waals surface area contributed by atoms with Crippen molar-refractivity contribution >= 4 is 17.6 Å². The van der Waals surface area contributed by atoms with E-state index in [-0.39, 0.29) is 18.0 Å². The minimum Gasteiger partial charge on any atom is -0.432 e. The van der Waals surface area contributed by atoms with E-state index in [0.717, 1.165) is 16.7 Å². The second kappa shape index (κ2) is 12.6. The van der Waals surface area contributed by atoms with E-state index in [1.165, 1.54) is 6.42 Å². The number of rotatable bonds is 12. The minimum absolute atomic E-state index is 0.0823. The summed E-state index contributed by atoms with van der Waals surface area (Å²) < 4.78 is 6.08. The number of carbonyl (C=O) groups is 3. The lowest BCUT2D eigenvalue weighted by molar-refractivity contribution is -0.121. The van der Waals surface area contributed by atoms with Crippen LogP contribution in [0.5, 0.6) is 0 Å². The van der Waals surface area contributed by atoms with Gasteiger partial charge in [0.15, 0.2) is 0 Å². The van der Waals surface area contributed by atoms with Crippen molar-refractivity contribution in [2.24, 2.45) is 11.7 Å². The molecule has 7 nitrogen and oxygen atoms in total. The zero-order valence-electron chi connectivity index (χ0n) is 21.2. The summed E-state index contributed by atoms with van der Waals surface area (Å²) in [6, 6.07) is 27.5. The highest BCUT2D eigenvalue weighted by molar-refractivity contribution is 6.04.